The van der Waals surface area contributed by atoms with Gasteiger partial charge in [-0.05, 0) is 49.2 Å². The van der Waals surface area contributed by atoms with Gasteiger partial charge in [-0.1, -0.05) is 30.7 Å². The number of carbonyl (C=O) groups excluding carboxylic acids is 1. The van der Waals surface area contributed by atoms with Gasteiger partial charge < -0.3 is 14.5 Å². The van der Waals surface area contributed by atoms with Gasteiger partial charge in [0.05, 0.1) is 5.69 Å². The Kier molecular flexibility index (Phi) is 6.22. The standard InChI is InChI=1S/C21H24ClFN2O2/c1-3-20(27-16-8-9-17(22)15(2)14-16)21(26)25-12-10-24(11-13-25)19-7-5-4-6-18(19)23/h4-9,14,20H,3,10-13H2,1-2H3/t20-/m0/s1. The van der Waals surface area contributed by atoms with Crippen LogP contribution in [0.3, 0.4) is 0 Å². The summed E-state index contributed by atoms with van der Waals surface area (Å²) in [6.45, 7) is 6.13. The summed E-state index contributed by atoms with van der Waals surface area (Å²) in [5.41, 5.74) is 1.50. The van der Waals surface area contributed by atoms with Crippen molar-refractivity contribution in [2.75, 3.05) is 31.1 Å². The second kappa shape index (κ2) is 8.61. The predicted molar refractivity (Wildman–Crippen MR) is 106 cm³/mol. The second-order valence-corrected chi connectivity index (χ2v) is 7.10. The Hall–Kier alpha value is -2.27. The van der Waals surface area contributed by atoms with E-state index in [-0.39, 0.29) is 11.7 Å². The molecule has 2 aromatic carbocycles. The Labute approximate surface area is 164 Å². The van der Waals surface area contributed by atoms with Crippen LogP contribution in [0.5, 0.6) is 5.75 Å². The van der Waals surface area contributed by atoms with Crippen LogP contribution in [-0.4, -0.2) is 43.1 Å². The average Bonchev–Trinajstić information content (AvgIpc) is 2.69. The molecular weight excluding hydrogens is 367 g/mol. The molecule has 1 aliphatic heterocycles. The molecule has 0 saturated carbocycles. The summed E-state index contributed by atoms with van der Waals surface area (Å²) in [6.07, 6.45) is 0.0409. The van der Waals surface area contributed by atoms with Crippen molar-refractivity contribution in [2.24, 2.45) is 0 Å². The molecule has 0 unspecified atom stereocenters. The molecule has 1 heterocycles. The van der Waals surface area contributed by atoms with Gasteiger partial charge in [-0.2, -0.15) is 0 Å². The Morgan fingerprint density at radius 1 is 1.19 bits per heavy atom. The minimum Gasteiger partial charge on any atom is -0.481 e. The highest BCUT2D eigenvalue weighted by molar-refractivity contribution is 6.31. The number of ether oxygens (including phenoxy) is 1. The van der Waals surface area contributed by atoms with E-state index in [0.717, 1.165) is 5.56 Å². The number of nitrogens with zero attached hydrogens (tertiary/aromatic N) is 2. The van der Waals surface area contributed by atoms with Gasteiger partial charge in [0, 0.05) is 31.2 Å². The SMILES string of the molecule is CC[C@H](Oc1ccc(Cl)c(C)c1)C(=O)N1CCN(c2ccccc2F)CC1. The lowest BCUT2D eigenvalue weighted by molar-refractivity contribution is -0.139. The first-order chi connectivity index (χ1) is 13.0. The minimum absolute atomic E-state index is 0.0294. The average molecular weight is 391 g/mol. The summed E-state index contributed by atoms with van der Waals surface area (Å²) in [5.74, 6) is 0.380. The summed E-state index contributed by atoms with van der Waals surface area (Å²) in [6, 6.07) is 12.1. The van der Waals surface area contributed by atoms with Gasteiger partial charge >= 0.3 is 0 Å². The smallest absolute Gasteiger partial charge is 0.263 e. The molecule has 27 heavy (non-hydrogen) atoms. The van der Waals surface area contributed by atoms with Crippen molar-refractivity contribution in [3.63, 3.8) is 0 Å². The zero-order chi connectivity index (χ0) is 19.4. The monoisotopic (exact) mass is 390 g/mol. The third-order valence-electron chi connectivity index (χ3n) is 4.84. The maximum atomic E-state index is 14.0. The van der Waals surface area contributed by atoms with Crippen LogP contribution >= 0.6 is 11.6 Å². The molecule has 144 valence electrons. The van der Waals surface area contributed by atoms with E-state index in [4.69, 9.17) is 16.3 Å². The highest BCUT2D eigenvalue weighted by Gasteiger charge is 2.28. The quantitative estimate of drug-likeness (QED) is 0.763. The van der Waals surface area contributed by atoms with Crippen LogP contribution in [0.25, 0.3) is 0 Å². The Balaban J connectivity index is 1.61. The van der Waals surface area contributed by atoms with Crippen molar-refractivity contribution in [1.29, 1.82) is 0 Å². The van der Waals surface area contributed by atoms with E-state index < -0.39 is 6.10 Å². The Morgan fingerprint density at radius 3 is 2.52 bits per heavy atom. The topological polar surface area (TPSA) is 32.8 Å². The highest BCUT2D eigenvalue weighted by atomic mass is 35.5. The van der Waals surface area contributed by atoms with Gasteiger partial charge in [-0.3, -0.25) is 4.79 Å². The number of benzene rings is 2. The summed E-state index contributed by atoms with van der Waals surface area (Å²) in [7, 11) is 0. The molecule has 2 aromatic rings. The van der Waals surface area contributed by atoms with Gasteiger partial charge in [0.2, 0.25) is 0 Å². The fraction of sp³-hybridized carbons (Fsp3) is 0.381. The van der Waals surface area contributed by atoms with E-state index >= 15 is 0 Å². The van der Waals surface area contributed by atoms with Gasteiger partial charge in [0.25, 0.3) is 5.91 Å². The maximum Gasteiger partial charge on any atom is 0.263 e. The molecular formula is C21H24ClFN2O2. The number of aryl methyl sites for hydroxylation is 1. The molecule has 0 aliphatic carbocycles. The van der Waals surface area contributed by atoms with E-state index in [1.807, 2.05) is 30.9 Å². The molecule has 1 fully saturated rings. The first-order valence-electron chi connectivity index (χ1n) is 9.20. The van der Waals surface area contributed by atoms with Crippen LogP contribution in [0.2, 0.25) is 5.02 Å². The largest absolute Gasteiger partial charge is 0.481 e. The van der Waals surface area contributed by atoms with Crippen molar-refractivity contribution in [3.8, 4) is 5.75 Å². The molecule has 1 atom stereocenters. The van der Waals surface area contributed by atoms with Gasteiger partial charge in [0.15, 0.2) is 6.10 Å². The lowest BCUT2D eigenvalue weighted by Gasteiger charge is -2.37. The maximum absolute atomic E-state index is 14.0. The fourth-order valence-corrected chi connectivity index (χ4v) is 3.36. The molecule has 4 nitrogen and oxygen atoms in total. The van der Waals surface area contributed by atoms with Crippen LogP contribution < -0.4 is 9.64 Å². The van der Waals surface area contributed by atoms with Crippen LogP contribution in [-0.2, 0) is 4.79 Å². The number of para-hydroxylation sites is 1. The highest BCUT2D eigenvalue weighted by Crippen LogP contribution is 2.24. The molecule has 1 amide bonds. The molecule has 1 saturated heterocycles. The van der Waals surface area contributed by atoms with Crippen LogP contribution in [0.15, 0.2) is 42.5 Å². The van der Waals surface area contributed by atoms with Crippen molar-refractivity contribution >= 4 is 23.2 Å². The summed E-state index contributed by atoms with van der Waals surface area (Å²) >= 11 is 6.05. The summed E-state index contributed by atoms with van der Waals surface area (Å²) in [5, 5.41) is 0.672. The molecule has 0 bridgehead atoms. The van der Waals surface area contributed by atoms with Gasteiger partial charge in [-0.15, -0.1) is 0 Å². The van der Waals surface area contributed by atoms with Crippen molar-refractivity contribution in [3.05, 3.63) is 58.9 Å². The number of hydrogen-bond donors (Lipinski definition) is 0. The van der Waals surface area contributed by atoms with Gasteiger partial charge in [0.1, 0.15) is 11.6 Å². The number of hydrogen-bond acceptors (Lipinski definition) is 3. The van der Waals surface area contributed by atoms with Crippen molar-refractivity contribution < 1.29 is 13.9 Å². The van der Waals surface area contributed by atoms with E-state index in [1.165, 1.54) is 6.07 Å². The zero-order valence-electron chi connectivity index (χ0n) is 15.6. The van der Waals surface area contributed by atoms with Crippen LogP contribution in [0, 0.1) is 12.7 Å². The first-order valence-corrected chi connectivity index (χ1v) is 9.58. The molecule has 6 heteroatoms. The number of anilines is 1. The van der Waals surface area contributed by atoms with Gasteiger partial charge in [-0.25, -0.2) is 4.39 Å². The molecule has 0 spiro atoms. The lowest BCUT2D eigenvalue weighted by Crippen LogP contribution is -2.52. The Morgan fingerprint density at radius 2 is 1.89 bits per heavy atom. The number of piperazine rings is 1. The molecule has 0 N–H and O–H groups in total. The van der Waals surface area contributed by atoms with Crippen molar-refractivity contribution in [2.45, 2.75) is 26.4 Å². The van der Waals surface area contributed by atoms with E-state index in [0.29, 0.717) is 49.1 Å². The molecule has 0 radical (unpaired) electrons. The zero-order valence-corrected chi connectivity index (χ0v) is 16.4. The minimum atomic E-state index is -0.536. The fourth-order valence-electron chi connectivity index (χ4n) is 3.24. The third-order valence-corrected chi connectivity index (χ3v) is 5.26. The summed E-state index contributed by atoms with van der Waals surface area (Å²) < 4.78 is 19.9. The number of carbonyl (C=O) groups is 1. The predicted octanol–water partition coefficient (Wildman–Crippen LogP) is 4.29. The van der Waals surface area contributed by atoms with E-state index in [1.54, 1.807) is 29.2 Å². The van der Waals surface area contributed by atoms with Crippen LogP contribution in [0.1, 0.15) is 18.9 Å². The number of halogens is 2. The van der Waals surface area contributed by atoms with E-state index in [9.17, 15) is 9.18 Å². The normalized spacial score (nSPS) is 15.6. The molecule has 3 rings (SSSR count). The second-order valence-electron chi connectivity index (χ2n) is 6.69. The molecule has 0 aromatic heterocycles. The van der Waals surface area contributed by atoms with E-state index in [2.05, 4.69) is 0 Å². The lowest BCUT2D eigenvalue weighted by atomic mass is 10.2. The molecule has 1 aliphatic rings. The Bertz CT molecular complexity index is 807. The summed E-state index contributed by atoms with van der Waals surface area (Å²) in [4.78, 5) is 16.7. The number of rotatable bonds is 5. The van der Waals surface area contributed by atoms with Crippen LogP contribution in [0.4, 0.5) is 10.1 Å². The first kappa shape index (κ1) is 19.5. The number of amides is 1. The third kappa shape index (κ3) is 4.53. The van der Waals surface area contributed by atoms with Crippen molar-refractivity contribution in [1.82, 2.24) is 4.90 Å².